The zero-order valence-electron chi connectivity index (χ0n) is 20.5. The van der Waals surface area contributed by atoms with Gasteiger partial charge in [0.15, 0.2) is 5.69 Å². The van der Waals surface area contributed by atoms with E-state index in [-0.39, 0.29) is 0 Å². The van der Waals surface area contributed by atoms with Crippen molar-refractivity contribution < 1.29 is 0 Å². The minimum Gasteiger partial charge on any atom is -0.238 e. The van der Waals surface area contributed by atoms with E-state index in [0.29, 0.717) is 17.8 Å². The Morgan fingerprint density at radius 3 is 1.73 bits per heavy atom. The molecule has 0 aliphatic heterocycles. The fourth-order valence-corrected chi connectivity index (χ4v) is 3.00. The molecule has 0 spiro atoms. The Hall–Kier alpha value is -3.87. The van der Waals surface area contributed by atoms with Gasteiger partial charge < -0.3 is 0 Å². The highest BCUT2D eigenvalue weighted by molar-refractivity contribution is 5.45. The lowest BCUT2D eigenvalue weighted by Gasteiger charge is -2.05. The van der Waals surface area contributed by atoms with Crippen LogP contribution in [0.2, 0.25) is 0 Å². The molecular formula is C30H33N3. The van der Waals surface area contributed by atoms with Crippen molar-refractivity contribution in [2.75, 3.05) is 0 Å². The summed E-state index contributed by atoms with van der Waals surface area (Å²) >= 11 is 0. The first-order valence-electron chi connectivity index (χ1n) is 11.2. The number of hydrogen-bond acceptors (Lipinski definition) is 2. The van der Waals surface area contributed by atoms with Crippen LogP contribution in [0, 0.1) is 29.2 Å². The van der Waals surface area contributed by atoms with Gasteiger partial charge in [0.1, 0.15) is 0 Å². The third-order valence-electron chi connectivity index (χ3n) is 5.07. The summed E-state index contributed by atoms with van der Waals surface area (Å²) in [5.41, 5.74) is 5.91. The predicted octanol–water partition coefficient (Wildman–Crippen LogP) is 8.72. The van der Waals surface area contributed by atoms with Crippen molar-refractivity contribution in [3.63, 3.8) is 0 Å². The summed E-state index contributed by atoms with van der Waals surface area (Å²) in [6.07, 6.45) is 0. The molecular weight excluding hydrogens is 402 g/mol. The highest BCUT2D eigenvalue weighted by Crippen LogP contribution is 2.19. The van der Waals surface area contributed by atoms with Crippen molar-refractivity contribution in [1.82, 2.24) is 0 Å². The number of rotatable bonds is 3. The maximum atomic E-state index is 8.72. The number of hydrogen-bond donors (Lipinski definition) is 0. The molecule has 0 heterocycles. The first-order chi connectivity index (χ1) is 15.7. The number of nitriles is 2. The van der Waals surface area contributed by atoms with Gasteiger partial charge in [-0.1, -0.05) is 96.1 Å². The second-order valence-electron chi connectivity index (χ2n) is 8.60. The Balaban J connectivity index is 0.000000247. The van der Waals surface area contributed by atoms with Crippen LogP contribution in [0.3, 0.4) is 0 Å². The molecule has 3 aromatic rings. The number of nitrogens with zero attached hydrogens (tertiary/aromatic N) is 3. The third kappa shape index (κ3) is 9.43. The minimum atomic E-state index is 0.436. The van der Waals surface area contributed by atoms with Crippen LogP contribution in [0.25, 0.3) is 4.85 Å². The monoisotopic (exact) mass is 435 g/mol. The van der Waals surface area contributed by atoms with Crippen LogP contribution in [0.1, 0.15) is 87.1 Å². The van der Waals surface area contributed by atoms with Gasteiger partial charge in [-0.15, -0.1) is 0 Å². The maximum absolute atomic E-state index is 8.72. The topological polar surface area (TPSA) is 51.9 Å². The standard InChI is InChI=1S/3C10H11N/c1-8(2)9-4-6-10(11-3)7-5-9;1-8(2)10-5-3-4-9(6-10)7-11;1-8(2)10-6-4-3-5-9(10)7-11/h4-8H,1-2H3;2*3-6,8H,1-2H3. The van der Waals surface area contributed by atoms with E-state index >= 15 is 0 Å². The molecule has 168 valence electrons. The lowest BCUT2D eigenvalue weighted by molar-refractivity contribution is 0.862. The van der Waals surface area contributed by atoms with Gasteiger partial charge in [0, 0.05) is 0 Å². The largest absolute Gasteiger partial charge is 0.238 e. The quantitative estimate of drug-likeness (QED) is 0.386. The van der Waals surface area contributed by atoms with E-state index in [0.717, 1.165) is 22.4 Å². The first kappa shape index (κ1) is 27.2. The Morgan fingerprint density at radius 2 is 1.27 bits per heavy atom. The summed E-state index contributed by atoms with van der Waals surface area (Å²) in [7, 11) is 0. The van der Waals surface area contributed by atoms with E-state index in [1.807, 2.05) is 72.8 Å². The van der Waals surface area contributed by atoms with Crippen LogP contribution < -0.4 is 0 Å². The Morgan fingerprint density at radius 1 is 0.667 bits per heavy atom. The molecule has 33 heavy (non-hydrogen) atoms. The van der Waals surface area contributed by atoms with Gasteiger partial charge in [0.05, 0.1) is 29.8 Å². The lowest BCUT2D eigenvalue weighted by atomic mass is 9.98. The fourth-order valence-electron chi connectivity index (χ4n) is 3.00. The third-order valence-corrected chi connectivity index (χ3v) is 5.07. The zero-order valence-corrected chi connectivity index (χ0v) is 20.5. The minimum absolute atomic E-state index is 0.436. The van der Waals surface area contributed by atoms with Crippen molar-refractivity contribution in [3.8, 4) is 12.1 Å². The van der Waals surface area contributed by atoms with Gasteiger partial charge in [-0.25, -0.2) is 4.85 Å². The molecule has 0 unspecified atom stereocenters. The molecule has 0 atom stereocenters. The summed E-state index contributed by atoms with van der Waals surface area (Å²) in [5.74, 6) is 1.49. The van der Waals surface area contributed by atoms with Crippen molar-refractivity contribution >= 4 is 5.69 Å². The van der Waals surface area contributed by atoms with Gasteiger partial charge in [-0.2, -0.15) is 10.5 Å². The highest BCUT2D eigenvalue weighted by Gasteiger charge is 2.03. The average Bonchev–Trinajstić information content (AvgIpc) is 2.84. The van der Waals surface area contributed by atoms with Gasteiger partial charge in [-0.3, -0.25) is 0 Å². The maximum Gasteiger partial charge on any atom is 0.187 e. The van der Waals surface area contributed by atoms with Crippen LogP contribution in [0.15, 0.2) is 72.8 Å². The molecule has 0 fully saturated rings. The van der Waals surface area contributed by atoms with E-state index in [4.69, 9.17) is 17.1 Å². The van der Waals surface area contributed by atoms with E-state index in [1.54, 1.807) is 0 Å². The molecule has 3 nitrogen and oxygen atoms in total. The second-order valence-corrected chi connectivity index (χ2v) is 8.60. The summed E-state index contributed by atoms with van der Waals surface area (Å²) in [5, 5.41) is 17.3. The Kier molecular flexibility index (Phi) is 11.7. The van der Waals surface area contributed by atoms with E-state index < -0.39 is 0 Å². The SMILES string of the molecule is CC(C)c1cccc(C#N)c1.CC(C)c1ccccc1C#N.[C-]#[N+]c1ccc(C(C)C)cc1. The Labute approximate surface area is 199 Å². The number of benzene rings is 3. The summed E-state index contributed by atoms with van der Waals surface area (Å²) in [6, 6.07) is 27.5. The average molecular weight is 436 g/mol. The summed E-state index contributed by atoms with van der Waals surface area (Å²) in [6.45, 7) is 19.5. The predicted molar refractivity (Wildman–Crippen MR) is 137 cm³/mol. The highest BCUT2D eigenvalue weighted by atomic mass is 14.6. The van der Waals surface area contributed by atoms with Crippen molar-refractivity contribution in [2.24, 2.45) is 0 Å². The van der Waals surface area contributed by atoms with Crippen molar-refractivity contribution in [2.45, 2.75) is 59.3 Å². The Bertz CT molecular complexity index is 1120. The molecule has 3 heteroatoms. The van der Waals surface area contributed by atoms with E-state index in [9.17, 15) is 0 Å². The molecule has 0 radical (unpaired) electrons. The van der Waals surface area contributed by atoms with Crippen molar-refractivity contribution in [1.29, 1.82) is 10.5 Å². The molecule has 0 N–H and O–H groups in total. The molecule has 0 aromatic heterocycles. The second kappa shape index (κ2) is 14.2. The van der Waals surface area contributed by atoms with Gasteiger partial charge in [-0.05, 0) is 52.6 Å². The molecule has 0 aliphatic carbocycles. The van der Waals surface area contributed by atoms with Crippen LogP contribution in [-0.2, 0) is 0 Å². The van der Waals surface area contributed by atoms with Gasteiger partial charge in [0.25, 0.3) is 0 Å². The van der Waals surface area contributed by atoms with E-state index in [2.05, 4.69) is 58.5 Å². The molecule has 3 aromatic carbocycles. The van der Waals surface area contributed by atoms with Crippen LogP contribution >= 0.6 is 0 Å². The van der Waals surface area contributed by atoms with Crippen molar-refractivity contribution in [3.05, 3.63) is 112 Å². The molecule has 0 saturated heterocycles. The molecule has 0 amide bonds. The molecule has 0 saturated carbocycles. The lowest BCUT2D eigenvalue weighted by Crippen LogP contribution is -1.90. The normalized spacial score (nSPS) is 9.64. The molecule has 3 rings (SSSR count). The first-order valence-corrected chi connectivity index (χ1v) is 11.2. The zero-order chi connectivity index (χ0) is 24.8. The van der Waals surface area contributed by atoms with Crippen LogP contribution in [0.4, 0.5) is 5.69 Å². The summed E-state index contributed by atoms with van der Waals surface area (Å²) < 4.78 is 0. The smallest absolute Gasteiger partial charge is 0.187 e. The van der Waals surface area contributed by atoms with Gasteiger partial charge >= 0.3 is 0 Å². The van der Waals surface area contributed by atoms with E-state index in [1.165, 1.54) is 11.1 Å². The fraction of sp³-hybridized carbons (Fsp3) is 0.300. The van der Waals surface area contributed by atoms with Crippen LogP contribution in [-0.4, -0.2) is 0 Å². The molecule has 0 bridgehead atoms. The van der Waals surface area contributed by atoms with Gasteiger partial charge in [0.2, 0.25) is 0 Å². The molecule has 0 aliphatic rings. The summed E-state index contributed by atoms with van der Waals surface area (Å²) in [4.78, 5) is 3.32. The van der Waals surface area contributed by atoms with Crippen LogP contribution in [0.5, 0.6) is 0 Å².